The van der Waals surface area contributed by atoms with Crippen molar-refractivity contribution in [3.05, 3.63) is 50.7 Å². The summed E-state index contributed by atoms with van der Waals surface area (Å²) < 4.78 is 6.24. The van der Waals surface area contributed by atoms with E-state index >= 15 is 0 Å². The lowest BCUT2D eigenvalue weighted by molar-refractivity contribution is -0.118. The second-order valence-electron chi connectivity index (χ2n) is 9.29. The van der Waals surface area contributed by atoms with E-state index in [2.05, 4.69) is 23.3 Å². The molecular formula is C24H32N2O2S. The Morgan fingerprint density at radius 1 is 1.21 bits per heavy atom. The highest BCUT2D eigenvalue weighted by molar-refractivity contribution is 7.11. The van der Waals surface area contributed by atoms with Crippen LogP contribution in [0.4, 0.5) is 0 Å². The predicted octanol–water partition coefficient (Wildman–Crippen LogP) is 5.56. The molecule has 29 heavy (non-hydrogen) atoms. The third-order valence-corrected chi connectivity index (χ3v) is 7.21. The van der Waals surface area contributed by atoms with Gasteiger partial charge in [-0.25, -0.2) is 4.98 Å². The van der Waals surface area contributed by atoms with Gasteiger partial charge in [-0.2, -0.15) is 0 Å². The maximum atomic E-state index is 13.2. The van der Waals surface area contributed by atoms with E-state index in [0.29, 0.717) is 5.92 Å². The van der Waals surface area contributed by atoms with E-state index in [-0.39, 0.29) is 5.91 Å². The van der Waals surface area contributed by atoms with Gasteiger partial charge in [0.15, 0.2) is 0 Å². The second-order valence-corrected chi connectivity index (χ2v) is 10.5. The van der Waals surface area contributed by atoms with Crippen LogP contribution in [0.1, 0.15) is 69.2 Å². The average molecular weight is 413 g/mol. The number of nitrogens with one attached hydrogen (secondary N) is 1. The van der Waals surface area contributed by atoms with Crippen molar-refractivity contribution < 1.29 is 9.53 Å². The Labute approximate surface area is 178 Å². The Hall–Kier alpha value is -1.88. The van der Waals surface area contributed by atoms with Crippen LogP contribution in [-0.2, 0) is 15.1 Å². The molecule has 1 aromatic heterocycles. The topological polar surface area (TPSA) is 51.2 Å². The lowest BCUT2D eigenvalue weighted by atomic mass is 9.95. The van der Waals surface area contributed by atoms with Crippen LogP contribution in [0.3, 0.4) is 0 Å². The molecule has 4 rings (SSSR count). The summed E-state index contributed by atoms with van der Waals surface area (Å²) in [7, 11) is 0. The molecule has 0 aromatic carbocycles. The molecule has 0 spiro atoms. The molecule has 0 saturated heterocycles. The minimum Gasteiger partial charge on any atom is -0.497 e. The average Bonchev–Trinajstić information content (AvgIpc) is 3.57. The second kappa shape index (κ2) is 8.10. The number of amides is 1. The Morgan fingerprint density at radius 3 is 2.59 bits per heavy atom. The van der Waals surface area contributed by atoms with Gasteiger partial charge in [-0.05, 0) is 83.3 Å². The minimum atomic E-state index is -0.493. The Bertz CT molecular complexity index is 882. The minimum absolute atomic E-state index is 0.0194. The first-order valence-corrected chi connectivity index (χ1v) is 11.6. The fourth-order valence-corrected chi connectivity index (χ4v) is 4.54. The van der Waals surface area contributed by atoms with Crippen LogP contribution >= 0.6 is 11.3 Å². The summed E-state index contributed by atoms with van der Waals surface area (Å²) in [5.74, 6) is 2.51. The van der Waals surface area contributed by atoms with Crippen molar-refractivity contribution in [2.24, 2.45) is 11.8 Å². The van der Waals surface area contributed by atoms with Crippen LogP contribution in [0.2, 0.25) is 0 Å². The molecule has 0 unspecified atom stereocenters. The van der Waals surface area contributed by atoms with Crippen molar-refractivity contribution in [2.75, 3.05) is 6.61 Å². The third kappa shape index (κ3) is 5.00. The van der Waals surface area contributed by atoms with Crippen molar-refractivity contribution in [2.45, 2.75) is 71.8 Å². The van der Waals surface area contributed by atoms with Gasteiger partial charge in [0.2, 0.25) is 0 Å². The number of hydrogen-bond donors (Lipinski definition) is 1. The summed E-state index contributed by atoms with van der Waals surface area (Å²) in [4.78, 5) is 18.8. The van der Waals surface area contributed by atoms with Gasteiger partial charge in [-0.15, -0.1) is 11.3 Å². The van der Waals surface area contributed by atoms with Gasteiger partial charge in [-0.3, -0.25) is 4.79 Å². The molecule has 5 heteroatoms. The highest BCUT2D eigenvalue weighted by Gasteiger charge is 2.31. The zero-order valence-corrected chi connectivity index (χ0v) is 18.8. The molecule has 1 heterocycles. The highest BCUT2D eigenvalue weighted by atomic mass is 32.1. The number of carbonyl (C=O) groups excluding carboxylic acids is 1. The molecular weight excluding hydrogens is 380 g/mol. The smallest absolute Gasteiger partial charge is 0.251 e. The lowest BCUT2D eigenvalue weighted by Gasteiger charge is -2.25. The normalized spacial score (nSPS) is 20.6. The number of aromatic nitrogens is 1. The van der Waals surface area contributed by atoms with Gasteiger partial charge in [0.25, 0.3) is 5.91 Å². The van der Waals surface area contributed by atoms with Crippen LogP contribution in [0.15, 0.2) is 40.8 Å². The number of thiazole rings is 1. The summed E-state index contributed by atoms with van der Waals surface area (Å²) in [6.07, 6.45) is 12.9. The quantitative estimate of drug-likeness (QED) is 0.638. The van der Waals surface area contributed by atoms with E-state index in [1.165, 1.54) is 31.3 Å². The molecule has 0 atom stereocenters. The largest absolute Gasteiger partial charge is 0.497 e. The number of nitrogens with zero attached hydrogens (tertiary/aromatic N) is 1. The number of hydrogen-bond acceptors (Lipinski definition) is 4. The first-order chi connectivity index (χ1) is 13.8. The van der Waals surface area contributed by atoms with E-state index in [1.807, 2.05) is 33.0 Å². The molecule has 2 saturated carbocycles. The van der Waals surface area contributed by atoms with Crippen molar-refractivity contribution >= 4 is 17.2 Å². The Morgan fingerprint density at radius 2 is 1.97 bits per heavy atom. The fourth-order valence-electron chi connectivity index (χ4n) is 3.72. The van der Waals surface area contributed by atoms with Gasteiger partial charge in [0.05, 0.1) is 17.9 Å². The highest BCUT2D eigenvalue weighted by Crippen LogP contribution is 2.42. The lowest BCUT2D eigenvalue weighted by Crippen LogP contribution is -2.41. The van der Waals surface area contributed by atoms with Crippen LogP contribution < -0.4 is 5.32 Å². The predicted molar refractivity (Wildman–Crippen MR) is 118 cm³/mol. The summed E-state index contributed by atoms with van der Waals surface area (Å²) in [6, 6.07) is 0. The molecule has 0 aliphatic heterocycles. The SMILES string of the molecule is CC1=C(C(=O)NC(C)(C)c2ncc(C)s2)C=CC(C2CC2)=C(OCC2CC2)CC1. The van der Waals surface area contributed by atoms with E-state index in [1.54, 1.807) is 11.3 Å². The van der Waals surface area contributed by atoms with Crippen LogP contribution in [0.5, 0.6) is 0 Å². The Balaban J connectivity index is 1.52. The number of aryl methyl sites for hydroxylation is 1. The summed E-state index contributed by atoms with van der Waals surface area (Å²) in [5, 5.41) is 4.14. The standard InChI is InChI=1S/C24H32N2O2S/c1-15-5-12-21(28-14-17-6-7-17)20(18-8-9-18)11-10-19(15)22(27)26-24(3,4)23-25-13-16(2)29-23/h10-11,13,17-18H,5-9,12,14H2,1-4H3,(H,26,27). The molecule has 0 radical (unpaired) electrons. The summed E-state index contributed by atoms with van der Waals surface area (Å²) >= 11 is 1.63. The van der Waals surface area contributed by atoms with Gasteiger partial charge < -0.3 is 10.1 Å². The third-order valence-electron chi connectivity index (χ3n) is 5.97. The first-order valence-electron chi connectivity index (χ1n) is 10.8. The maximum Gasteiger partial charge on any atom is 0.251 e. The van der Waals surface area contributed by atoms with Crippen LogP contribution in [-0.4, -0.2) is 17.5 Å². The van der Waals surface area contributed by atoms with Gasteiger partial charge >= 0.3 is 0 Å². The molecule has 4 nitrogen and oxygen atoms in total. The molecule has 0 bridgehead atoms. The molecule has 1 N–H and O–H groups in total. The maximum absolute atomic E-state index is 13.2. The number of carbonyl (C=O) groups is 1. The van der Waals surface area contributed by atoms with E-state index in [0.717, 1.165) is 52.2 Å². The van der Waals surface area contributed by atoms with E-state index < -0.39 is 5.54 Å². The van der Waals surface area contributed by atoms with Gasteiger partial charge in [-0.1, -0.05) is 11.6 Å². The number of ether oxygens (including phenoxy) is 1. The Kier molecular flexibility index (Phi) is 5.69. The number of allylic oxidation sites excluding steroid dienone is 4. The zero-order chi connectivity index (χ0) is 20.6. The fraction of sp³-hybridized carbons (Fsp3) is 0.583. The van der Waals surface area contributed by atoms with E-state index in [4.69, 9.17) is 4.74 Å². The summed E-state index contributed by atoms with van der Waals surface area (Å²) in [6.45, 7) is 9.01. The van der Waals surface area contributed by atoms with Crippen LogP contribution in [0.25, 0.3) is 0 Å². The molecule has 1 amide bonds. The molecule has 156 valence electrons. The van der Waals surface area contributed by atoms with Crippen molar-refractivity contribution in [3.8, 4) is 0 Å². The molecule has 1 aromatic rings. The van der Waals surface area contributed by atoms with Crippen LogP contribution in [0, 0.1) is 18.8 Å². The number of rotatable bonds is 7. The zero-order valence-electron chi connectivity index (χ0n) is 18.0. The van der Waals surface area contributed by atoms with Crippen molar-refractivity contribution in [3.63, 3.8) is 0 Å². The molecule has 2 fully saturated rings. The summed E-state index contributed by atoms with van der Waals surface area (Å²) in [5.41, 5.74) is 2.73. The molecule has 3 aliphatic carbocycles. The first kappa shape index (κ1) is 20.4. The van der Waals surface area contributed by atoms with Crippen molar-refractivity contribution in [1.82, 2.24) is 10.3 Å². The monoisotopic (exact) mass is 412 g/mol. The van der Waals surface area contributed by atoms with E-state index in [9.17, 15) is 4.79 Å². The van der Waals surface area contributed by atoms with Crippen molar-refractivity contribution in [1.29, 1.82) is 0 Å². The molecule has 3 aliphatic rings. The van der Waals surface area contributed by atoms with Gasteiger partial charge in [0, 0.05) is 23.1 Å². The van der Waals surface area contributed by atoms with Gasteiger partial charge in [0.1, 0.15) is 5.01 Å².